The van der Waals surface area contributed by atoms with Gasteiger partial charge in [-0.1, -0.05) is 77.2 Å². The van der Waals surface area contributed by atoms with E-state index in [-0.39, 0.29) is 0 Å². The van der Waals surface area contributed by atoms with Gasteiger partial charge in [0.25, 0.3) is 0 Å². The molecule has 0 aromatic carbocycles. The summed E-state index contributed by atoms with van der Waals surface area (Å²) in [5.74, 6) is 0. The second-order valence-electron chi connectivity index (χ2n) is 9.11. The molecular weight excluding hydrogens is 414 g/mol. The summed E-state index contributed by atoms with van der Waals surface area (Å²) >= 11 is 0. The molecule has 32 heavy (non-hydrogen) atoms. The molecular formula is C24H47NO7. The highest BCUT2D eigenvalue weighted by atomic mass is 16.5. The lowest BCUT2D eigenvalue weighted by molar-refractivity contribution is -0.220. The smallest absolute Gasteiger partial charge is 0.112 e. The van der Waals surface area contributed by atoms with Gasteiger partial charge in [-0.25, -0.2) is 0 Å². The number of aliphatic hydroxyl groups excluding tert-OH is 6. The molecule has 0 bridgehead atoms. The molecule has 8 heteroatoms. The van der Waals surface area contributed by atoms with Crippen molar-refractivity contribution in [3.8, 4) is 0 Å². The standard InChI is InChI=1S/C24H47NO7/c1-2-3-4-5-6-7-8-9-10-11-12-13-17(14-19(28)18(25)15-26)24-23(31)22(30)21(29)20(16-27)32-24/h14,18-24,26-31H,2-13,15-16,25H2,1H3/b17-14-/t18-,19+,20+,21-,22-,23+,24+/m0/s1. The second kappa shape index (κ2) is 16.9. The third kappa shape index (κ3) is 10.1. The zero-order valence-electron chi connectivity index (χ0n) is 19.7. The molecule has 1 aliphatic heterocycles. The van der Waals surface area contributed by atoms with Crippen molar-refractivity contribution in [2.24, 2.45) is 5.73 Å². The topological polar surface area (TPSA) is 157 Å². The Bertz CT molecular complexity index is 503. The number of nitrogens with two attached hydrogens (primary N) is 1. The molecule has 0 radical (unpaired) electrons. The first kappa shape index (κ1) is 29.5. The SMILES string of the molecule is CCCCCCCCCCCCC/C(=C/[C@@H](O)[C@@H](N)CO)[C@H]1O[C@H](CO)[C@H](O)[C@H](O)[C@H]1O. The average molecular weight is 462 g/mol. The first-order chi connectivity index (χ1) is 15.4. The second-order valence-corrected chi connectivity index (χ2v) is 9.11. The molecule has 7 atom stereocenters. The highest BCUT2D eigenvalue weighted by Gasteiger charge is 2.44. The van der Waals surface area contributed by atoms with Crippen LogP contribution < -0.4 is 5.73 Å². The normalized spacial score (nSPS) is 28.6. The van der Waals surface area contributed by atoms with Crippen LogP contribution in [0.3, 0.4) is 0 Å². The Balaban J connectivity index is 2.56. The molecule has 8 nitrogen and oxygen atoms in total. The van der Waals surface area contributed by atoms with Gasteiger partial charge in [-0.3, -0.25) is 0 Å². The fourth-order valence-corrected chi connectivity index (χ4v) is 4.17. The maximum Gasteiger partial charge on any atom is 0.112 e. The zero-order valence-corrected chi connectivity index (χ0v) is 19.7. The number of unbranched alkanes of at least 4 members (excludes halogenated alkanes) is 10. The minimum atomic E-state index is -1.48. The quantitative estimate of drug-likeness (QED) is 0.126. The first-order valence-corrected chi connectivity index (χ1v) is 12.4. The molecule has 1 heterocycles. The van der Waals surface area contributed by atoms with Crippen LogP contribution >= 0.6 is 0 Å². The maximum atomic E-state index is 10.5. The lowest BCUT2D eigenvalue weighted by Crippen LogP contribution is -2.59. The van der Waals surface area contributed by atoms with Crippen LogP contribution in [0.1, 0.15) is 84.0 Å². The van der Waals surface area contributed by atoms with Gasteiger partial charge in [0.05, 0.1) is 25.4 Å². The average Bonchev–Trinajstić information content (AvgIpc) is 2.79. The van der Waals surface area contributed by atoms with Crippen molar-refractivity contribution in [3.05, 3.63) is 11.6 Å². The van der Waals surface area contributed by atoms with Gasteiger partial charge in [-0.2, -0.15) is 0 Å². The van der Waals surface area contributed by atoms with Gasteiger partial charge >= 0.3 is 0 Å². The largest absolute Gasteiger partial charge is 0.395 e. The lowest BCUT2D eigenvalue weighted by Gasteiger charge is -2.41. The van der Waals surface area contributed by atoms with Crippen molar-refractivity contribution in [1.29, 1.82) is 0 Å². The van der Waals surface area contributed by atoms with Crippen molar-refractivity contribution < 1.29 is 35.4 Å². The van der Waals surface area contributed by atoms with E-state index < -0.39 is 55.9 Å². The van der Waals surface area contributed by atoms with Crippen molar-refractivity contribution in [1.82, 2.24) is 0 Å². The summed E-state index contributed by atoms with van der Waals surface area (Å²) in [5, 5.41) is 59.5. The van der Waals surface area contributed by atoms with Gasteiger partial charge in [-0.15, -0.1) is 0 Å². The van der Waals surface area contributed by atoms with Gasteiger partial charge in [0, 0.05) is 0 Å². The number of ether oxygens (including phenoxy) is 1. The van der Waals surface area contributed by atoms with Crippen LogP contribution in [0.25, 0.3) is 0 Å². The highest BCUT2D eigenvalue weighted by Crippen LogP contribution is 2.29. The van der Waals surface area contributed by atoms with Crippen molar-refractivity contribution in [2.75, 3.05) is 13.2 Å². The van der Waals surface area contributed by atoms with Crippen molar-refractivity contribution >= 4 is 0 Å². The molecule has 0 spiro atoms. The monoisotopic (exact) mass is 461 g/mol. The third-order valence-electron chi connectivity index (χ3n) is 6.36. The first-order valence-electron chi connectivity index (χ1n) is 12.4. The number of aliphatic hydroxyl groups is 6. The van der Waals surface area contributed by atoms with Gasteiger partial charge in [0.15, 0.2) is 0 Å². The summed E-state index contributed by atoms with van der Waals surface area (Å²) < 4.78 is 5.66. The van der Waals surface area contributed by atoms with E-state index in [1.807, 2.05) is 0 Å². The Morgan fingerprint density at radius 3 is 1.88 bits per heavy atom. The predicted molar refractivity (Wildman–Crippen MR) is 124 cm³/mol. The Morgan fingerprint density at radius 1 is 0.844 bits per heavy atom. The molecule has 1 saturated heterocycles. The maximum absolute atomic E-state index is 10.5. The summed E-state index contributed by atoms with van der Waals surface area (Å²) in [7, 11) is 0. The number of rotatable bonds is 17. The molecule has 0 aliphatic carbocycles. The van der Waals surface area contributed by atoms with Gasteiger partial charge < -0.3 is 41.1 Å². The molecule has 1 fully saturated rings. The van der Waals surface area contributed by atoms with Gasteiger partial charge in [-0.05, 0) is 18.4 Å². The van der Waals surface area contributed by atoms with Crippen LogP contribution in [0.4, 0.5) is 0 Å². The van der Waals surface area contributed by atoms with Crippen LogP contribution in [-0.4, -0.2) is 86.5 Å². The van der Waals surface area contributed by atoms with E-state index in [2.05, 4.69) is 6.92 Å². The third-order valence-corrected chi connectivity index (χ3v) is 6.36. The van der Waals surface area contributed by atoms with E-state index in [1.165, 1.54) is 57.4 Å². The van der Waals surface area contributed by atoms with E-state index in [9.17, 15) is 30.6 Å². The molecule has 190 valence electrons. The van der Waals surface area contributed by atoms with Crippen LogP contribution in [0, 0.1) is 0 Å². The molecule has 0 amide bonds. The fraction of sp³-hybridized carbons (Fsp3) is 0.917. The summed E-state index contributed by atoms with van der Waals surface area (Å²) in [6.07, 6.45) is 7.61. The Morgan fingerprint density at radius 2 is 1.38 bits per heavy atom. The van der Waals surface area contributed by atoms with Crippen LogP contribution in [-0.2, 0) is 4.74 Å². The van der Waals surface area contributed by atoms with Gasteiger partial charge in [0.1, 0.15) is 30.5 Å². The molecule has 8 N–H and O–H groups in total. The van der Waals surface area contributed by atoms with E-state index in [1.54, 1.807) is 0 Å². The Labute approximate surface area is 193 Å². The zero-order chi connectivity index (χ0) is 23.9. The Hall–Kier alpha value is -0.580. The molecule has 0 saturated carbocycles. The predicted octanol–water partition coefficient (Wildman–Crippen LogP) is 1.14. The van der Waals surface area contributed by atoms with Crippen molar-refractivity contribution in [3.63, 3.8) is 0 Å². The van der Waals surface area contributed by atoms with Crippen LogP contribution in [0.15, 0.2) is 11.6 Å². The number of hydrogen-bond acceptors (Lipinski definition) is 8. The summed E-state index contributed by atoms with van der Waals surface area (Å²) in [5.41, 5.74) is 6.27. The molecule has 1 rings (SSSR count). The molecule has 1 aliphatic rings. The van der Waals surface area contributed by atoms with Crippen LogP contribution in [0.2, 0.25) is 0 Å². The van der Waals surface area contributed by atoms with Crippen molar-refractivity contribution in [2.45, 2.75) is 127 Å². The summed E-state index contributed by atoms with van der Waals surface area (Å²) in [6.45, 7) is 1.31. The Kier molecular flexibility index (Phi) is 15.6. The molecule has 0 unspecified atom stereocenters. The van der Waals surface area contributed by atoms with E-state index in [0.29, 0.717) is 12.0 Å². The fourth-order valence-electron chi connectivity index (χ4n) is 4.17. The highest BCUT2D eigenvalue weighted by molar-refractivity contribution is 5.17. The van der Waals surface area contributed by atoms with Crippen LogP contribution in [0.5, 0.6) is 0 Å². The summed E-state index contributed by atoms with van der Waals surface area (Å²) in [6, 6.07) is -0.882. The van der Waals surface area contributed by atoms with Gasteiger partial charge in [0.2, 0.25) is 0 Å². The number of hydrogen-bond donors (Lipinski definition) is 7. The minimum absolute atomic E-state index is 0.405. The molecule has 0 aromatic heterocycles. The minimum Gasteiger partial charge on any atom is -0.395 e. The van der Waals surface area contributed by atoms with E-state index >= 15 is 0 Å². The van der Waals surface area contributed by atoms with E-state index in [0.717, 1.165) is 19.3 Å². The lowest BCUT2D eigenvalue weighted by atomic mass is 9.88. The molecule has 0 aromatic rings. The summed E-state index contributed by atoms with van der Waals surface area (Å²) in [4.78, 5) is 0. The van der Waals surface area contributed by atoms with E-state index in [4.69, 9.17) is 10.5 Å².